The molecule has 0 saturated carbocycles. The number of benzene rings is 8. The van der Waals surface area contributed by atoms with Gasteiger partial charge in [0, 0.05) is 33.8 Å². The maximum Gasteiger partial charge on any atom is 0.164 e. The number of hydrogen-bond donors (Lipinski definition) is 0. The molecule has 274 valence electrons. The van der Waals surface area contributed by atoms with Crippen molar-refractivity contribution in [1.82, 2.24) is 19.9 Å². The zero-order valence-electron chi connectivity index (χ0n) is 31.9. The topological polar surface area (TPSA) is 51.6 Å². The average molecular weight is 751 g/mol. The highest BCUT2D eigenvalue weighted by molar-refractivity contribution is 6.00. The van der Waals surface area contributed by atoms with Gasteiger partial charge in [-0.3, -0.25) is 4.98 Å². The molecule has 0 aliphatic heterocycles. The fourth-order valence-corrected chi connectivity index (χ4v) is 9.70. The van der Waals surface area contributed by atoms with Gasteiger partial charge in [-0.25, -0.2) is 15.0 Å². The third-order valence-electron chi connectivity index (χ3n) is 12.2. The number of nitrogens with zero attached hydrogens (tertiary/aromatic N) is 4. The van der Waals surface area contributed by atoms with Crippen LogP contribution in [0.2, 0.25) is 0 Å². The van der Waals surface area contributed by atoms with Gasteiger partial charge >= 0.3 is 0 Å². The van der Waals surface area contributed by atoms with E-state index in [9.17, 15) is 0 Å². The Morgan fingerprint density at radius 1 is 0.305 bits per heavy atom. The molecule has 4 heteroatoms. The monoisotopic (exact) mass is 750 g/mol. The first-order valence-electron chi connectivity index (χ1n) is 20.1. The fraction of sp³-hybridized carbons (Fsp3) is 0.0182. The lowest BCUT2D eigenvalue weighted by molar-refractivity contribution is 0.794. The van der Waals surface area contributed by atoms with E-state index in [1.807, 2.05) is 30.5 Å². The van der Waals surface area contributed by atoms with Crippen molar-refractivity contribution in [3.63, 3.8) is 0 Å². The van der Waals surface area contributed by atoms with E-state index >= 15 is 0 Å². The Morgan fingerprint density at radius 2 is 0.780 bits per heavy atom. The third-order valence-corrected chi connectivity index (χ3v) is 12.2. The molecule has 0 unspecified atom stereocenters. The highest BCUT2D eigenvalue weighted by Crippen LogP contribution is 2.63. The van der Waals surface area contributed by atoms with Crippen LogP contribution in [0, 0.1) is 0 Å². The molecule has 0 bridgehead atoms. The molecule has 10 aromatic rings. The molecule has 0 amide bonds. The van der Waals surface area contributed by atoms with E-state index in [1.165, 1.54) is 50.1 Å². The number of para-hydroxylation sites is 1. The highest BCUT2D eigenvalue weighted by Gasteiger charge is 2.51. The molecule has 2 aliphatic carbocycles. The Morgan fingerprint density at radius 3 is 1.51 bits per heavy atom. The van der Waals surface area contributed by atoms with E-state index in [2.05, 4.69) is 176 Å². The van der Waals surface area contributed by atoms with Crippen LogP contribution in [0.3, 0.4) is 0 Å². The number of aromatic nitrogens is 4. The summed E-state index contributed by atoms with van der Waals surface area (Å²) in [5.41, 5.74) is 18.3. The molecule has 59 heavy (non-hydrogen) atoms. The minimum Gasteiger partial charge on any atom is -0.256 e. The SMILES string of the molecule is c1ccc(-c2nc(-c3ccc(-c4cccc5cccnc45)cc3)nc(-c3cccc(-c4cccc5c4-c4ccccc4C54c5ccccc5-c5ccccc54)c3)n2)cc1. The van der Waals surface area contributed by atoms with Crippen LogP contribution in [0.4, 0.5) is 0 Å². The highest BCUT2D eigenvalue weighted by atomic mass is 15.0. The van der Waals surface area contributed by atoms with Gasteiger partial charge in [0.25, 0.3) is 0 Å². The van der Waals surface area contributed by atoms with E-state index in [4.69, 9.17) is 19.9 Å². The first-order chi connectivity index (χ1) is 29.3. The van der Waals surface area contributed by atoms with E-state index in [1.54, 1.807) is 0 Å². The van der Waals surface area contributed by atoms with E-state index in [-0.39, 0.29) is 0 Å². The Labute approximate surface area is 342 Å². The summed E-state index contributed by atoms with van der Waals surface area (Å²) >= 11 is 0. The second kappa shape index (κ2) is 13.1. The molecular weight excluding hydrogens is 717 g/mol. The van der Waals surface area contributed by atoms with Crippen LogP contribution in [0.1, 0.15) is 22.3 Å². The van der Waals surface area contributed by atoms with Crippen LogP contribution in [0.15, 0.2) is 206 Å². The second-order valence-corrected chi connectivity index (χ2v) is 15.3. The van der Waals surface area contributed by atoms with Crippen LogP contribution >= 0.6 is 0 Å². The molecule has 12 rings (SSSR count). The van der Waals surface area contributed by atoms with Crippen molar-refractivity contribution in [3.05, 3.63) is 229 Å². The summed E-state index contributed by atoms with van der Waals surface area (Å²) in [6.07, 6.45) is 1.85. The minimum absolute atomic E-state index is 0.403. The third kappa shape index (κ3) is 5.03. The Balaban J connectivity index is 1.00. The number of hydrogen-bond acceptors (Lipinski definition) is 4. The predicted molar refractivity (Wildman–Crippen MR) is 239 cm³/mol. The van der Waals surface area contributed by atoms with Crippen molar-refractivity contribution in [3.8, 4) is 78.7 Å². The summed E-state index contributed by atoms with van der Waals surface area (Å²) in [6, 6.07) is 71.4. The van der Waals surface area contributed by atoms with Crippen LogP contribution in [0.25, 0.3) is 89.6 Å². The largest absolute Gasteiger partial charge is 0.256 e. The Hall–Kier alpha value is -7.82. The second-order valence-electron chi connectivity index (χ2n) is 15.3. The lowest BCUT2D eigenvalue weighted by Gasteiger charge is -2.30. The molecule has 2 aromatic heterocycles. The summed E-state index contributed by atoms with van der Waals surface area (Å²) in [7, 11) is 0. The average Bonchev–Trinajstić information content (AvgIpc) is 3.79. The van der Waals surface area contributed by atoms with Crippen molar-refractivity contribution in [2.45, 2.75) is 5.41 Å². The molecule has 1 spiro atoms. The van der Waals surface area contributed by atoms with Gasteiger partial charge in [0.05, 0.1) is 10.9 Å². The van der Waals surface area contributed by atoms with Gasteiger partial charge in [0.2, 0.25) is 0 Å². The van der Waals surface area contributed by atoms with Crippen molar-refractivity contribution in [2.75, 3.05) is 0 Å². The van der Waals surface area contributed by atoms with Crippen molar-refractivity contribution < 1.29 is 0 Å². The molecule has 0 atom stereocenters. The summed E-state index contributed by atoms with van der Waals surface area (Å²) in [5.74, 6) is 1.88. The van der Waals surface area contributed by atoms with Crippen molar-refractivity contribution in [2.24, 2.45) is 0 Å². The predicted octanol–water partition coefficient (Wildman–Crippen LogP) is 13.1. The number of pyridine rings is 1. The van der Waals surface area contributed by atoms with E-state index < -0.39 is 5.41 Å². The normalized spacial score (nSPS) is 12.9. The lowest BCUT2D eigenvalue weighted by Crippen LogP contribution is -2.25. The molecule has 8 aromatic carbocycles. The zero-order valence-corrected chi connectivity index (χ0v) is 31.9. The Bertz CT molecular complexity index is 3230. The number of rotatable bonds is 5. The molecule has 0 N–H and O–H groups in total. The summed E-state index contributed by atoms with van der Waals surface area (Å²) < 4.78 is 0. The standard InChI is InChI=1S/C55H34N4/c1-2-14-37(15-3-1)52-57-53(38-31-29-35(30-32-38)42-24-11-16-36-19-13-33-56-51(36)42)59-54(58-52)40-18-10-17-39(34-40)41-23-12-28-49-50(41)45-22-6-9-27-48(45)55(49)46-25-7-4-20-43(46)44-21-5-8-26-47(44)55/h1-34H. The van der Waals surface area contributed by atoms with E-state index in [0.29, 0.717) is 17.5 Å². The smallest absolute Gasteiger partial charge is 0.164 e. The number of fused-ring (bicyclic) bond motifs is 11. The van der Waals surface area contributed by atoms with Gasteiger partial charge in [-0.2, -0.15) is 0 Å². The first kappa shape index (κ1) is 33.3. The molecule has 0 fully saturated rings. The van der Waals surface area contributed by atoms with Gasteiger partial charge in [-0.1, -0.05) is 188 Å². The summed E-state index contributed by atoms with van der Waals surface area (Å²) in [5, 5.41) is 1.12. The molecule has 0 saturated heterocycles. The van der Waals surface area contributed by atoms with Crippen LogP contribution in [-0.2, 0) is 5.41 Å². The lowest BCUT2D eigenvalue weighted by atomic mass is 9.70. The van der Waals surface area contributed by atoms with Gasteiger partial charge < -0.3 is 0 Å². The quantitative estimate of drug-likeness (QED) is 0.176. The van der Waals surface area contributed by atoms with Crippen molar-refractivity contribution >= 4 is 10.9 Å². The molecule has 2 aliphatic rings. The maximum absolute atomic E-state index is 5.17. The minimum atomic E-state index is -0.403. The van der Waals surface area contributed by atoms with Gasteiger partial charge in [0.1, 0.15) is 0 Å². The van der Waals surface area contributed by atoms with Crippen molar-refractivity contribution in [1.29, 1.82) is 0 Å². The fourth-order valence-electron chi connectivity index (χ4n) is 9.70. The van der Waals surface area contributed by atoms with Crippen LogP contribution in [-0.4, -0.2) is 19.9 Å². The summed E-state index contributed by atoms with van der Waals surface area (Å²) in [6.45, 7) is 0. The summed E-state index contributed by atoms with van der Waals surface area (Å²) in [4.78, 5) is 20.0. The van der Waals surface area contributed by atoms with Gasteiger partial charge in [-0.15, -0.1) is 0 Å². The van der Waals surface area contributed by atoms with Crippen LogP contribution in [0.5, 0.6) is 0 Å². The zero-order chi connectivity index (χ0) is 38.9. The van der Waals surface area contributed by atoms with Gasteiger partial charge in [0.15, 0.2) is 17.5 Å². The van der Waals surface area contributed by atoms with Gasteiger partial charge in [-0.05, 0) is 73.3 Å². The molecule has 4 nitrogen and oxygen atoms in total. The molecule has 0 radical (unpaired) electrons. The molecule has 2 heterocycles. The first-order valence-corrected chi connectivity index (χ1v) is 20.1. The molecular formula is C55H34N4. The Kier molecular flexibility index (Phi) is 7.41. The van der Waals surface area contributed by atoms with Crippen LogP contribution < -0.4 is 0 Å². The van der Waals surface area contributed by atoms with E-state index in [0.717, 1.165) is 44.3 Å². The maximum atomic E-state index is 5.17.